The fourth-order valence-corrected chi connectivity index (χ4v) is 2.17. The average molecular weight is 294 g/mol. The highest BCUT2D eigenvalue weighted by molar-refractivity contribution is 5.44. The van der Waals surface area contributed by atoms with Gasteiger partial charge in [0.1, 0.15) is 23.1 Å². The number of hydrogen-bond acceptors (Lipinski definition) is 4. The monoisotopic (exact) mass is 294 g/mol. The molecule has 3 N–H and O–H groups in total. The highest BCUT2D eigenvalue weighted by Crippen LogP contribution is 2.33. The third-order valence-electron chi connectivity index (χ3n) is 3.21. The van der Waals surface area contributed by atoms with E-state index in [2.05, 4.69) is 5.43 Å². The summed E-state index contributed by atoms with van der Waals surface area (Å²) in [7, 11) is 2.85. The molecule has 2 aromatic rings. The predicted octanol–water partition coefficient (Wildman–Crippen LogP) is 2.53. The lowest BCUT2D eigenvalue weighted by Crippen LogP contribution is -2.30. The van der Waals surface area contributed by atoms with Crippen molar-refractivity contribution in [2.24, 2.45) is 5.84 Å². The van der Waals surface area contributed by atoms with Crippen molar-refractivity contribution in [3.8, 4) is 11.5 Å². The van der Waals surface area contributed by atoms with Crippen LogP contribution in [-0.2, 0) is 0 Å². The zero-order chi connectivity index (χ0) is 15.4. The number of benzene rings is 2. The Morgan fingerprint density at radius 1 is 1.05 bits per heavy atom. The smallest absolute Gasteiger partial charge is 0.132 e. The minimum absolute atomic E-state index is 0.145. The van der Waals surface area contributed by atoms with Crippen LogP contribution < -0.4 is 20.7 Å². The van der Waals surface area contributed by atoms with E-state index in [9.17, 15) is 8.78 Å². The van der Waals surface area contributed by atoms with E-state index in [0.29, 0.717) is 5.75 Å². The maximum atomic E-state index is 14.2. The first kappa shape index (κ1) is 15.2. The van der Waals surface area contributed by atoms with Gasteiger partial charge in [-0.3, -0.25) is 5.84 Å². The van der Waals surface area contributed by atoms with Crippen molar-refractivity contribution >= 4 is 0 Å². The van der Waals surface area contributed by atoms with Crippen molar-refractivity contribution in [1.82, 2.24) is 5.43 Å². The summed E-state index contributed by atoms with van der Waals surface area (Å²) in [4.78, 5) is 0. The standard InChI is InChI=1S/C15H16F2N2O2/c1-20-9-6-7-10(12(17)8-9)15(19-18)14-11(16)4-3-5-13(14)21-2/h3-8,15,19H,18H2,1-2H3. The van der Waals surface area contributed by atoms with Gasteiger partial charge in [-0.1, -0.05) is 12.1 Å². The van der Waals surface area contributed by atoms with Crippen LogP contribution in [0.3, 0.4) is 0 Å². The molecule has 6 heteroatoms. The second-order valence-electron chi connectivity index (χ2n) is 4.34. The van der Waals surface area contributed by atoms with Crippen molar-refractivity contribution in [1.29, 1.82) is 0 Å². The van der Waals surface area contributed by atoms with Crippen LogP contribution >= 0.6 is 0 Å². The SMILES string of the molecule is COc1ccc(C(NN)c2c(F)cccc2OC)c(F)c1. The molecule has 2 aromatic carbocycles. The Balaban J connectivity index is 2.55. The van der Waals surface area contributed by atoms with Gasteiger partial charge in [0.05, 0.1) is 25.8 Å². The molecule has 4 nitrogen and oxygen atoms in total. The van der Waals surface area contributed by atoms with E-state index in [-0.39, 0.29) is 16.9 Å². The number of hydrogen-bond donors (Lipinski definition) is 2. The molecule has 112 valence electrons. The number of hydrazine groups is 1. The van der Waals surface area contributed by atoms with Crippen LogP contribution in [0.1, 0.15) is 17.2 Å². The lowest BCUT2D eigenvalue weighted by atomic mass is 9.97. The molecule has 0 aliphatic heterocycles. The molecular formula is C15H16F2N2O2. The Morgan fingerprint density at radius 2 is 1.81 bits per heavy atom. The molecule has 0 aliphatic carbocycles. The summed E-state index contributed by atoms with van der Waals surface area (Å²) in [6.07, 6.45) is 0. The second-order valence-corrected chi connectivity index (χ2v) is 4.34. The second kappa shape index (κ2) is 6.51. The normalized spacial score (nSPS) is 12.0. The molecule has 0 amide bonds. The molecule has 0 aromatic heterocycles. The molecule has 2 rings (SSSR count). The van der Waals surface area contributed by atoms with E-state index < -0.39 is 17.7 Å². The van der Waals surface area contributed by atoms with Crippen molar-refractivity contribution in [2.75, 3.05) is 14.2 Å². The van der Waals surface area contributed by atoms with Gasteiger partial charge in [-0.25, -0.2) is 14.2 Å². The summed E-state index contributed by atoms with van der Waals surface area (Å²) in [5, 5.41) is 0. The summed E-state index contributed by atoms with van der Waals surface area (Å²) in [5.74, 6) is 5.06. The molecule has 0 heterocycles. The van der Waals surface area contributed by atoms with Crippen molar-refractivity contribution in [2.45, 2.75) is 6.04 Å². The van der Waals surface area contributed by atoms with Gasteiger partial charge in [0.15, 0.2) is 0 Å². The minimum Gasteiger partial charge on any atom is -0.497 e. The molecule has 0 radical (unpaired) electrons. The Bertz CT molecular complexity index is 635. The fourth-order valence-electron chi connectivity index (χ4n) is 2.17. The topological polar surface area (TPSA) is 56.5 Å². The third kappa shape index (κ3) is 2.96. The quantitative estimate of drug-likeness (QED) is 0.657. The first-order valence-electron chi connectivity index (χ1n) is 6.24. The molecule has 0 aliphatic rings. The lowest BCUT2D eigenvalue weighted by Gasteiger charge is -2.21. The highest BCUT2D eigenvalue weighted by Gasteiger charge is 2.24. The zero-order valence-electron chi connectivity index (χ0n) is 11.7. The first-order valence-corrected chi connectivity index (χ1v) is 6.24. The van der Waals surface area contributed by atoms with Crippen LogP contribution in [-0.4, -0.2) is 14.2 Å². The largest absolute Gasteiger partial charge is 0.497 e. The Morgan fingerprint density at radius 3 is 2.38 bits per heavy atom. The van der Waals surface area contributed by atoms with Crippen LogP contribution in [0, 0.1) is 11.6 Å². The van der Waals surface area contributed by atoms with Crippen molar-refractivity contribution < 1.29 is 18.3 Å². The van der Waals surface area contributed by atoms with Gasteiger partial charge in [-0.05, 0) is 18.2 Å². The average Bonchev–Trinajstić information content (AvgIpc) is 2.50. The van der Waals surface area contributed by atoms with Gasteiger partial charge >= 0.3 is 0 Å². The predicted molar refractivity (Wildman–Crippen MR) is 75.1 cm³/mol. The number of rotatable bonds is 5. The van der Waals surface area contributed by atoms with Crippen LogP contribution in [0.15, 0.2) is 36.4 Å². The summed E-state index contributed by atoms with van der Waals surface area (Å²) in [6.45, 7) is 0. The molecule has 0 fully saturated rings. The summed E-state index contributed by atoms with van der Waals surface area (Å²) >= 11 is 0. The van der Waals surface area contributed by atoms with E-state index in [1.807, 2.05) is 0 Å². The van der Waals surface area contributed by atoms with Crippen LogP contribution in [0.2, 0.25) is 0 Å². The minimum atomic E-state index is -0.882. The number of nitrogens with one attached hydrogen (secondary N) is 1. The van der Waals surface area contributed by atoms with Gasteiger partial charge in [0, 0.05) is 11.6 Å². The molecular weight excluding hydrogens is 278 g/mol. The van der Waals surface area contributed by atoms with E-state index in [4.69, 9.17) is 15.3 Å². The van der Waals surface area contributed by atoms with Crippen LogP contribution in [0.25, 0.3) is 0 Å². The fraction of sp³-hybridized carbons (Fsp3) is 0.200. The van der Waals surface area contributed by atoms with E-state index in [1.165, 1.54) is 38.5 Å². The summed E-state index contributed by atoms with van der Waals surface area (Å²) < 4.78 is 38.4. The van der Waals surface area contributed by atoms with Crippen LogP contribution in [0.4, 0.5) is 8.78 Å². The first-order chi connectivity index (χ1) is 10.1. The third-order valence-corrected chi connectivity index (χ3v) is 3.21. The number of methoxy groups -OCH3 is 2. The van der Waals surface area contributed by atoms with Gasteiger partial charge in [-0.2, -0.15) is 0 Å². The summed E-state index contributed by atoms with van der Waals surface area (Å²) in [5.41, 5.74) is 2.77. The molecule has 0 bridgehead atoms. The van der Waals surface area contributed by atoms with Gasteiger partial charge < -0.3 is 9.47 Å². The highest BCUT2D eigenvalue weighted by atomic mass is 19.1. The number of halogens is 2. The zero-order valence-corrected chi connectivity index (χ0v) is 11.7. The maximum absolute atomic E-state index is 14.2. The van der Waals surface area contributed by atoms with E-state index in [1.54, 1.807) is 12.1 Å². The number of nitrogens with two attached hydrogens (primary N) is 1. The molecule has 0 spiro atoms. The van der Waals surface area contributed by atoms with Gasteiger partial charge in [0.2, 0.25) is 0 Å². The Hall–Kier alpha value is -2.18. The van der Waals surface area contributed by atoms with Crippen LogP contribution in [0.5, 0.6) is 11.5 Å². The lowest BCUT2D eigenvalue weighted by molar-refractivity contribution is 0.394. The molecule has 1 unspecified atom stereocenters. The Labute approximate surface area is 121 Å². The number of ether oxygens (including phenoxy) is 2. The van der Waals surface area contributed by atoms with Gasteiger partial charge in [0.25, 0.3) is 0 Å². The Kier molecular flexibility index (Phi) is 4.72. The molecule has 0 saturated heterocycles. The van der Waals surface area contributed by atoms with Crippen molar-refractivity contribution in [3.05, 3.63) is 59.2 Å². The van der Waals surface area contributed by atoms with Crippen molar-refractivity contribution in [3.63, 3.8) is 0 Å². The summed E-state index contributed by atoms with van der Waals surface area (Å²) in [6, 6.07) is 7.77. The molecule has 0 saturated carbocycles. The maximum Gasteiger partial charge on any atom is 0.132 e. The van der Waals surface area contributed by atoms with Gasteiger partial charge in [-0.15, -0.1) is 0 Å². The van der Waals surface area contributed by atoms with E-state index in [0.717, 1.165) is 0 Å². The molecule has 21 heavy (non-hydrogen) atoms. The van der Waals surface area contributed by atoms with E-state index >= 15 is 0 Å². The molecule has 1 atom stereocenters.